The molecule has 8 nitrogen and oxygen atoms in total. The topological polar surface area (TPSA) is 97.0 Å². The van der Waals surface area contributed by atoms with Crippen LogP contribution in [0.2, 0.25) is 0 Å². The second-order valence-corrected chi connectivity index (χ2v) is 9.32. The van der Waals surface area contributed by atoms with E-state index >= 15 is 0 Å². The molecule has 3 aromatic rings. The maximum absolute atomic E-state index is 13.9. The summed E-state index contributed by atoms with van der Waals surface area (Å²) in [5.74, 6) is -0.113. The lowest BCUT2D eigenvalue weighted by Crippen LogP contribution is -2.43. The zero-order valence-electron chi connectivity index (χ0n) is 21.4. The van der Waals surface area contributed by atoms with E-state index in [1.54, 1.807) is 60.5 Å². The molecule has 9 heteroatoms. The largest absolute Gasteiger partial charge is 0.497 e. The number of thiophene rings is 1. The molecule has 0 aliphatic carbocycles. The van der Waals surface area contributed by atoms with E-state index in [0.717, 1.165) is 4.88 Å². The van der Waals surface area contributed by atoms with Crippen molar-refractivity contribution in [2.75, 3.05) is 32.2 Å². The van der Waals surface area contributed by atoms with Crippen molar-refractivity contribution in [3.63, 3.8) is 0 Å². The molecule has 2 aromatic carbocycles. The van der Waals surface area contributed by atoms with Crippen LogP contribution in [0.1, 0.15) is 47.1 Å². The fraction of sp³-hybridized carbons (Fsp3) is 0.321. The highest BCUT2D eigenvalue weighted by atomic mass is 32.1. The van der Waals surface area contributed by atoms with Crippen LogP contribution in [0.5, 0.6) is 5.75 Å². The molecule has 3 amide bonds. The van der Waals surface area contributed by atoms with E-state index in [9.17, 15) is 14.4 Å². The highest BCUT2D eigenvalue weighted by molar-refractivity contribution is 7.09. The summed E-state index contributed by atoms with van der Waals surface area (Å²) in [4.78, 5) is 41.4. The fourth-order valence-corrected chi connectivity index (χ4v) is 4.50. The lowest BCUT2D eigenvalue weighted by atomic mass is 10.0. The quantitative estimate of drug-likeness (QED) is 0.318. The molecular formula is C28H33N3O5S. The summed E-state index contributed by atoms with van der Waals surface area (Å²) in [5, 5.41) is 7.62. The van der Waals surface area contributed by atoms with Crippen molar-refractivity contribution in [1.29, 1.82) is 0 Å². The Hall–Kier alpha value is -3.69. The van der Waals surface area contributed by atoms with E-state index < -0.39 is 6.04 Å². The van der Waals surface area contributed by atoms with Crippen LogP contribution >= 0.6 is 11.3 Å². The van der Waals surface area contributed by atoms with Crippen molar-refractivity contribution in [3.05, 3.63) is 82.0 Å². The Morgan fingerprint density at radius 1 is 1.03 bits per heavy atom. The smallest absolute Gasteiger partial charge is 0.255 e. The highest BCUT2D eigenvalue weighted by Gasteiger charge is 2.32. The zero-order valence-corrected chi connectivity index (χ0v) is 22.2. The molecule has 0 saturated heterocycles. The summed E-state index contributed by atoms with van der Waals surface area (Å²) >= 11 is 1.52. The molecular weight excluding hydrogens is 490 g/mol. The fourth-order valence-electron chi connectivity index (χ4n) is 3.80. The number of carbonyl (C=O) groups excluding carboxylic acids is 3. The van der Waals surface area contributed by atoms with Crippen molar-refractivity contribution in [3.8, 4) is 5.75 Å². The minimum Gasteiger partial charge on any atom is -0.497 e. The van der Waals surface area contributed by atoms with Crippen molar-refractivity contribution in [1.82, 2.24) is 10.2 Å². The monoisotopic (exact) mass is 523 g/mol. The average molecular weight is 524 g/mol. The van der Waals surface area contributed by atoms with Crippen LogP contribution in [0, 0.1) is 0 Å². The molecule has 0 spiro atoms. The third-order valence-electron chi connectivity index (χ3n) is 5.58. The third-order valence-corrected chi connectivity index (χ3v) is 6.44. The third kappa shape index (κ3) is 8.16. The van der Waals surface area contributed by atoms with E-state index in [4.69, 9.17) is 9.47 Å². The lowest BCUT2D eigenvalue weighted by Gasteiger charge is -2.31. The summed E-state index contributed by atoms with van der Waals surface area (Å²) in [6.07, 6.45) is 0.665. The number of nitrogens with one attached hydrogen (secondary N) is 2. The van der Waals surface area contributed by atoms with Gasteiger partial charge >= 0.3 is 0 Å². The van der Waals surface area contributed by atoms with E-state index in [1.165, 1.54) is 18.3 Å². The van der Waals surface area contributed by atoms with E-state index in [1.807, 2.05) is 24.4 Å². The maximum atomic E-state index is 13.9. The number of nitrogens with zero attached hydrogens (tertiary/aromatic N) is 1. The molecule has 2 N–H and O–H groups in total. The summed E-state index contributed by atoms with van der Waals surface area (Å²) in [6.45, 7) is 5.20. The molecule has 1 atom stereocenters. The summed E-state index contributed by atoms with van der Waals surface area (Å²) < 4.78 is 10.7. The number of ether oxygens (including phenoxy) is 2. The van der Waals surface area contributed by atoms with Gasteiger partial charge in [0.25, 0.3) is 5.91 Å². The van der Waals surface area contributed by atoms with Gasteiger partial charge in [0, 0.05) is 42.8 Å². The van der Waals surface area contributed by atoms with Crippen LogP contribution in [-0.4, -0.2) is 49.5 Å². The van der Waals surface area contributed by atoms with Gasteiger partial charge in [0.05, 0.1) is 13.7 Å². The Bertz CT molecular complexity index is 1150. The summed E-state index contributed by atoms with van der Waals surface area (Å²) in [7, 11) is 1.58. The Kier molecular flexibility index (Phi) is 10.7. The van der Waals surface area contributed by atoms with Gasteiger partial charge in [0.1, 0.15) is 11.8 Å². The van der Waals surface area contributed by atoms with Crippen molar-refractivity contribution in [2.45, 2.75) is 32.9 Å². The molecule has 0 fully saturated rings. The van der Waals surface area contributed by atoms with Gasteiger partial charge in [-0.2, -0.15) is 0 Å². The molecule has 0 bridgehead atoms. The van der Waals surface area contributed by atoms with Crippen LogP contribution in [0.15, 0.2) is 66.0 Å². The van der Waals surface area contributed by atoms with E-state index in [-0.39, 0.29) is 24.3 Å². The first-order valence-corrected chi connectivity index (χ1v) is 13.0. The lowest BCUT2D eigenvalue weighted by molar-refractivity contribution is -0.126. The number of anilines is 1. The predicted molar refractivity (Wildman–Crippen MR) is 145 cm³/mol. The molecule has 0 radical (unpaired) electrons. The average Bonchev–Trinajstić information content (AvgIpc) is 3.41. The van der Waals surface area contributed by atoms with Gasteiger partial charge in [-0.25, -0.2) is 0 Å². The zero-order chi connectivity index (χ0) is 26.6. The minimum atomic E-state index is -0.873. The Morgan fingerprint density at radius 2 is 1.76 bits per heavy atom. The number of methoxy groups -OCH3 is 1. The number of hydrogen-bond acceptors (Lipinski definition) is 6. The van der Waals surface area contributed by atoms with Crippen LogP contribution in [0.3, 0.4) is 0 Å². The first kappa shape index (κ1) is 27.9. The second-order valence-electron chi connectivity index (χ2n) is 8.29. The molecule has 196 valence electrons. The number of carbonyl (C=O) groups is 3. The van der Waals surface area contributed by atoms with Gasteiger partial charge in [-0.05, 0) is 66.8 Å². The van der Waals surface area contributed by atoms with Gasteiger partial charge in [-0.15, -0.1) is 11.3 Å². The van der Waals surface area contributed by atoms with E-state index in [2.05, 4.69) is 10.6 Å². The molecule has 0 aliphatic rings. The van der Waals surface area contributed by atoms with Gasteiger partial charge in [-0.1, -0.05) is 18.2 Å². The summed E-state index contributed by atoms with van der Waals surface area (Å²) in [6, 6.07) is 16.8. The van der Waals surface area contributed by atoms with Crippen LogP contribution in [0.25, 0.3) is 0 Å². The summed E-state index contributed by atoms with van der Waals surface area (Å²) in [5.41, 5.74) is 1.67. The molecule has 0 aliphatic heterocycles. The first-order valence-electron chi connectivity index (χ1n) is 12.1. The normalized spacial score (nSPS) is 11.4. The molecule has 3 rings (SSSR count). The van der Waals surface area contributed by atoms with Gasteiger partial charge in [0.15, 0.2) is 0 Å². The predicted octanol–water partition coefficient (Wildman–Crippen LogP) is 4.64. The van der Waals surface area contributed by atoms with Gasteiger partial charge < -0.3 is 25.0 Å². The van der Waals surface area contributed by atoms with Crippen LogP contribution in [-0.2, 0) is 20.9 Å². The van der Waals surface area contributed by atoms with Gasteiger partial charge in [0.2, 0.25) is 11.8 Å². The Balaban J connectivity index is 1.95. The van der Waals surface area contributed by atoms with E-state index in [0.29, 0.717) is 48.7 Å². The molecule has 1 aromatic heterocycles. The molecule has 0 saturated carbocycles. The standard InChI is InChI=1S/C28H33N3O5S/c1-4-36-17-6-16-29-27(33)26(21-10-14-24(35-3)15-11-21)31(19-25-7-5-18-37-25)28(34)22-8-12-23(13-9-22)30-20(2)32/h5,7-15,18,26H,4,6,16-17,19H2,1-3H3,(H,29,33)(H,30,32)/t26-/m1/s1. The highest BCUT2D eigenvalue weighted by Crippen LogP contribution is 2.28. The Labute approximate surface area is 221 Å². The number of benzene rings is 2. The molecule has 1 heterocycles. The number of hydrogen-bond donors (Lipinski definition) is 2. The SMILES string of the molecule is CCOCCCNC(=O)[C@@H](c1ccc(OC)cc1)N(Cc1cccs1)C(=O)c1ccc(NC(C)=O)cc1. The number of rotatable bonds is 13. The molecule has 0 unspecified atom stereocenters. The maximum Gasteiger partial charge on any atom is 0.255 e. The van der Waals surface area contributed by atoms with Crippen LogP contribution < -0.4 is 15.4 Å². The van der Waals surface area contributed by atoms with Crippen LogP contribution in [0.4, 0.5) is 5.69 Å². The number of amides is 3. The van der Waals surface area contributed by atoms with Crippen molar-refractivity contribution >= 4 is 34.7 Å². The van der Waals surface area contributed by atoms with Gasteiger partial charge in [-0.3, -0.25) is 14.4 Å². The molecule has 37 heavy (non-hydrogen) atoms. The van der Waals surface area contributed by atoms with Crippen molar-refractivity contribution in [2.24, 2.45) is 0 Å². The van der Waals surface area contributed by atoms with Crippen molar-refractivity contribution < 1.29 is 23.9 Å². The minimum absolute atomic E-state index is 0.195. The first-order chi connectivity index (χ1) is 17.9. The Morgan fingerprint density at radius 3 is 2.35 bits per heavy atom. The second kappa shape index (κ2) is 14.2.